The van der Waals surface area contributed by atoms with Crippen molar-refractivity contribution in [3.05, 3.63) is 35.7 Å². The summed E-state index contributed by atoms with van der Waals surface area (Å²) < 4.78 is 64.5. The van der Waals surface area contributed by atoms with Gasteiger partial charge in [-0.05, 0) is 18.2 Å². The van der Waals surface area contributed by atoms with Crippen molar-refractivity contribution >= 4 is 38.5 Å². The maximum Gasteiger partial charge on any atom is 0.433 e. The highest BCUT2D eigenvalue weighted by atomic mass is 32.2. The number of carbonyl (C=O) groups excluding carboxylic acids is 1. The van der Waals surface area contributed by atoms with Crippen molar-refractivity contribution in [3.63, 3.8) is 0 Å². The van der Waals surface area contributed by atoms with Crippen LogP contribution in [0.2, 0.25) is 0 Å². The molecule has 2 aromatic rings. The van der Waals surface area contributed by atoms with E-state index in [1.165, 1.54) is 26.0 Å². The van der Waals surface area contributed by atoms with Gasteiger partial charge in [0.1, 0.15) is 11.9 Å². The molecule has 30 heavy (non-hydrogen) atoms. The summed E-state index contributed by atoms with van der Waals surface area (Å²) in [5.74, 6) is -0.643. The van der Waals surface area contributed by atoms with Gasteiger partial charge in [0.05, 0.1) is 39.6 Å². The van der Waals surface area contributed by atoms with E-state index in [9.17, 15) is 26.4 Å². The lowest BCUT2D eigenvalue weighted by molar-refractivity contribution is -0.141. The van der Waals surface area contributed by atoms with E-state index < -0.39 is 33.8 Å². The van der Waals surface area contributed by atoms with Gasteiger partial charge in [-0.25, -0.2) is 13.4 Å². The van der Waals surface area contributed by atoms with Crippen LogP contribution in [0, 0.1) is 0 Å². The van der Waals surface area contributed by atoms with Gasteiger partial charge >= 0.3 is 6.18 Å². The molecule has 1 aliphatic heterocycles. The number of sulfone groups is 1. The first kappa shape index (κ1) is 21.7. The smallest absolute Gasteiger partial charge is 0.397 e. The fourth-order valence-electron chi connectivity index (χ4n) is 3.22. The molecule has 0 saturated carbocycles. The second-order valence-corrected chi connectivity index (χ2v) is 9.05. The number of pyridine rings is 1. The van der Waals surface area contributed by atoms with Gasteiger partial charge in [-0.3, -0.25) is 4.79 Å². The topological polar surface area (TPSA) is 117 Å². The third-order valence-electron chi connectivity index (χ3n) is 4.74. The molecule has 3 rings (SSSR count). The highest BCUT2D eigenvalue weighted by molar-refractivity contribution is 7.91. The highest BCUT2D eigenvalue weighted by Crippen LogP contribution is 2.44. The molecule has 12 heteroatoms. The highest BCUT2D eigenvalue weighted by Gasteiger charge is 2.37. The molecule has 1 amide bonds. The van der Waals surface area contributed by atoms with Crippen LogP contribution in [-0.4, -0.2) is 32.1 Å². The number of nitrogens with one attached hydrogen (secondary N) is 2. The monoisotopic (exact) mass is 443 g/mol. The molecule has 1 aromatic heterocycles. The average molecular weight is 443 g/mol. The molecule has 8 nitrogen and oxygen atoms in total. The van der Waals surface area contributed by atoms with Gasteiger partial charge in [0.15, 0.2) is 9.84 Å². The minimum atomic E-state index is -4.62. The average Bonchev–Trinajstić information content (AvgIpc) is 2.98. The summed E-state index contributed by atoms with van der Waals surface area (Å²) in [6.45, 7) is 2.73. The molecule has 1 unspecified atom stereocenters. The van der Waals surface area contributed by atoms with E-state index >= 15 is 0 Å². The molecule has 1 atom stereocenters. The summed E-state index contributed by atoms with van der Waals surface area (Å²) in [5, 5.41) is 5.40. The Morgan fingerprint density at radius 3 is 2.57 bits per heavy atom. The molecule has 162 valence electrons. The first-order valence-electron chi connectivity index (χ1n) is 8.85. The summed E-state index contributed by atoms with van der Waals surface area (Å²) in [7, 11) is -2.16. The zero-order chi connectivity index (χ0) is 22.4. The standard InChI is InChI=1S/C18H20F3N5O3S/c1-4-30(28,29)15-6-12(24-9(2)27)11(22)5-10(15)17-25-13-7-16(18(19,20)21)23-8-14(13)26(17)3/h5-8,17,25H,4,22H2,1-3H3,(H,24,27). The van der Waals surface area contributed by atoms with Gasteiger partial charge < -0.3 is 21.3 Å². The third kappa shape index (κ3) is 3.86. The van der Waals surface area contributed by atoms with Crippen molar-refractivity contribution in [2.75, 3.05) is 34.1 Å². The zero-order valence-corrected chi connectivity index (χ0v) is 17.1. The van der Waals surface area contributed by atoms with E-state index in [1.807, 2.05) is 0 Å². The van der Waals surface area contributed by atoms with Crippen LogP contribution in [0.3, 0.4) is 0 Å². The fraction of sp³-hybridized carbons (Fsp3) is 0.333. The minimum Gasteiger partial charge on any atom is -0.397 e. The first-order valence-corrected chi connectivity index (χ1v) is 10.5. The molecular weight excluding hydrogens is 423 g/mol. The van der Waals surface area contributed by atoms with Crippen LogP contribution < -0.4 is 21.3 Å². The second-order valence-electron chi connectivity index (χ2n) is 6.80. The number of benzene rings is 1. The van der Waals surface area contributed by atoms with Crippen molar-refractivity contribution in [2.45, 2.75) is 31.1 Å². The molecule has 2 heterocycles. The number of nitrogens with two attached hydrogens (primary N) is 1. The molecule has 0 aliphatic carbocycles. The minimum absolute atomic E-state index is 0.0795. The van der Waals surface area contributed by atoms with Crippen LogP contribution in [0.5, 0.6) is 0 Å². The maximum absolute atomic E-state index is 13.0. The summed E-state index contributed by atoms with van der Waals surface area (Å²) in [6, 6.07) is 3.53. The van der Waals surface area contributed by atoms with Crippen LogP contribution in [0.15, 0.2) is 29.3 Å². The lowest BCUT2D eigenvalue weighted by Crippen LogP contribution is -2.26. The van der Waals surface area contributed by atoms with Crippen molar-refractivity contribution in [3.8, 4) is 0 Å². The number of nitrogen functional groups attached to an aromatic ring is 1. The van der Waals surface area contributed by atoms with Crippen LogP contribution >= 0.6 is 0 Å². The van der Waals surface area contributed by atoms with Gasteiger partial charge in [0, 0.05) is 19.5 Å². The van der Waals surface area contributed by atoms with E-state index in [0.717, 1.165) is 12.3 Å². The number of anilines is 4. The number of halogens is 3. The quantitative estimate of drug-likeness (QED) is 0.622. The van der Waals surface area contributed by atoms with E-state index in [-0.39, 0.29) is 33.3 Å². The molecule has 0 radical (unpaired) electrons. The Labute approximate surface area is 171 Å². The van der Waals surface area contributed by atoms with E-state index in [4.69, 9.17) is 5.73 Å². The SMILES string of the molecule is CCS(=O)(=O)c1cc(NC(C)=O)c(N)cc1C1Nc2cc(C(F)(F)F)ncc2N1C. The number of amides is 1. The number of hydrogen-bond acceptors (Lipinski definition) is 7. The second kappa shape index (κ2) is 7.35. The molecule has 1 aromatic carbocycles. The maximum atomic E-state index is 13.0. The number of alkyl halides is 3. The molecule has 1 aliphatic rings. The number of aromatic nitrogens is 1. The molecule has 0 bridgehead atoms. The van der Waals surface area contributed by atoms with Crippen LogP contribution in [-0.2, 0) is 20.8 Å². The molecule has 0 fully saturated rings. The van der Waals surface area contributed by atoms with Gasteiger partial charge in [0.25, 0.3) is 0 Å². The largest absolute Gasteiger partial charge is 0.433 e. The van der Waals surface area contributed by atoms with Crippen LogP contribution in [0.25, 0.3) is 0 Å². The Bertz CT molecular complexity index is 1120. The molecule has 0 saturated heterocycles. The van der Waals surface area contributed by atoms with Gasteiger partial charge in [-0.15, -0.1) is 0 Å². The fourth-order valence-corrected chi connectivity index (χ4v) is 4.36. The Hall–Kier alpha value is -3.02. The lowest BCUT2D eigenvalue weighted by Gasteiger charge is -2.25. The third-order valence-corrected chi connectivity index (χ3v) is 6.52. The summed E-state index contributed by atoms with van der Waals surface area (Å²) in [5.41, 5.74) is 5.98. The Morgan fingerprint density at radius 1 is 1.33 bits per heavy atom. The van der Waals surface area contributed by atoms with Gasteiger partial charge in [-0.2, -0.15) is 13.2 Å². The first-order chi connectivity index (χ1) is 13.8. The van der Waals surface area contributed by atoms with Crippen molar-refractivity contribution in [2.24, 2.45) is 0 Å². The lowest BCUT2D eigenvalue weighted by atomic mass is 10.1. The number of carbonyl (C=O) groups is 1. The Morgan fingerprint density at radius 2 is 2.00 bits per heavy atom. The van der Waals surface area contributed by atoms with Crippen molar-refractivity contribution < 1.29 is 26.4 Å². The van der Waals surface area contributed by atoms with E-state index in [1.54, 1.807) is 11.9 Å². The number of hydrogen-bond donors (Lipinski definition) is 3. The summed E-state index contributed by atoms with van der Waals surface area (Å²) >= 11 is 0. The van der Waals surface area contributed by atoms with Crippen LogP contribution in [0.4, 0.5) is 35.9 Å². The zero-order valence-electron chi connectivity index (χ0n) is 16.3. The van der Waals surface area contributed by atoms with E-state index in [0.29, 0.717) is 5.69 Å². The number of fused-ring (bicyclic) bond motifs is 1. The van der Waals surface area contributed by atoms with Crippen LogP contribution in [0.1, 0.15) is 31.3 Å². The molecule has 0 spiro atoms. The Balaban J connectivity index is 2.13. The summed E-state index contributed by atoms with van der Waals surface area (Å²) in [4.78, 5) is 16.4. The number of nitrogens with zero attached hydrogens (tertiary/aromatic N) is 2. The Kier molecular flexibility index (Phi) is 5.31. The molecular formula is C18H20F3N5O3S. The predicted molar refractivity (Wildman–Crippen MR) is 107 cm³/mol. The van der Waals surface area contributed by atoms with Crippen molar-refractivity contribution in [1.82, 2.24) is 4.98 Å². The normalized spacial score (nSPS) is 16.2. The van der Waals surface area contributed by atoms with Gasteiger partial charge in [-0.1, -0.05) is 6.92 Å². The summed E-state index contributed by atoms with van der Waals surface area (Å²) in [6.07, 6.45) is -4.35. The van der Waals surface area contributed by atoms with Crippen molar-refractivity contribution in [1.29, 1.82) is 0 Å². The van der Waals surface area contributed by atoms with E-state index in [2.05, 4.69) is 15.6 Å². The predicted octanol–water partition coefficient (Wildman–Crippen LogP) is 3.00. The van der Waals surface area contributed by atoms with Gasteiger partial charge in [0.2, 0.25) is 5.91 Å². The number of rotatable bonds is 4. The molecule has 4 N–H and O–H groups in total.